The van der Waals surface area contributed by atoms with Crippen molar-refractivity contribution in [1.82, 2.24) is 4.90 Å². The quantitative estimate of drug-likeness (QED) is 0.672. The Morgan fingerprint density at radius 2 is 1.95 bits per heavy atom. The predicted octanol–water partition coefficient (Wildman–Crippen LogP) is 2.41. The first-order valence-corrected chi connectivity index (χ1v) is 6.94. The van der Waals surface area contributed by atoms with Crippen LogP contribution in [0.4, 0.5) is 4.39 Å². The van der Waals surface area contributed by atoms with Crippen molar-refractivity contribution in [2.45, 2.75) is 26.2 Å². The number of rotatable bonds is 3. The van der Waals surface area contributed by atoms with Crippen LogP contribution in [0.5, 0.6) is 0 Å². The largest absolute Gasteiger partial charge is 0.370 e. The Morgan fingerprint density at radius 1 is 1.32 bits per heavy atom. The van der Waals surface area contributed by atoms with Crippen molar-refractivity contribution in [3.8, 4) is 0 Å². The van der Waals surface area contributed by atoms with E-state index in [0.29, 0.717) is 12.5 Å². The second-order valence-corrected chi connectivity index (χ2v) is 5.29. The van der Waals surface area contributed by atoms with Gasteiger partial charge < -0.3 is 10.6 Å². The molecule has 0 aliphatic carbocycles. The molecule has 1 aromatic carbocycles. The van der Waals surface area contributed by atoms with Crippen LogP contribution in [-0.4, -0.2) is 30.5 Å². The molecule has 1 fully saturated rings. The number of hydrogen-bond donors (Lipinski definition) is 1. The number of guanidine groups is 1. The second kappa shape index (κ2) is 6.55. The molecule has 1 aromatic rings. The lowest BCUT2D eigenvalue weighted by atomic mass is 10.00. The van der Waals surface area contributed by atoms with Gasteiger partial charge in [-0.15, -0.1) is 0 Å². The molecule has 19 heavy (non-hydrogen) atoms. The highest BCUT2D eigenvalue weighted by Gasteiger charge is 2.16. The molecule has 0 amide bonds. The van der Waals surface area contributed by atoms with Crippen molar-refractivity contribution in [3.63, 3.8) is 0 Å². The molecule has 1 saturated heterocycles. The fourth-order valence-electron chi connectivity index (χ4n) is 2.29. The summed E-state index contributed by atoms with van der Waals surface area (Å²) in [5.74, 6) is 1.24. The van der Waals surface area contributed by atoms with E-state index in [1.807, 2.05) is 0 Å². The Bertz CT molecular complexity index is 420. The maximum atomic E-state index is 12.8. The van der Waals surface area contributed by atoms with E-state index in [1.54, 1.807) is 12.1 Å². The minimum absolute atomic E-state index is 0.200. The van der Waals surface area contributed by atoms with Gasteiger partial charge in [-0.1, -0.05) is 19.1 Å². The van der Waals surface area contributed by atoms with Gasteiger partial charge in [0.2, 0.25) is 0 Å². The van der Waals surface area contributed by atoms with Gasteiger partial charge in [0.05, 0.1) is 0 Å². The van der Waals surface area contributed by atoms with Crippen LogP contribution in [0.3, 0.4) is 0 Å². The molecule has 1 heterocycles. The molecule has 0 atom stereocenters. The molecule has 0 aromatic heterocycles. The van der Waals surface area contributed by atoms with Crippen LogP contribution >= 0.6 is 0 Å². The summed E-state index contributed by atoms with van der Waals surface area (Å²) in [6, 6.07) is 6.55. The van der Waals surface area contributed by atoms with Crippen molar-refractivity contribution in [2.24, 2.45) is 16.6 Å². The molecule has 1 aliphatic heterocycles. The van der Waals surface area contributed by atoms with Gasteiger partial charge in [0.1, 0.15) is 5.82 Å². The fourth-order valence-corrected chi connectivity index (χ4v) is 2.29. The minimum Gasteiger partial charge on any atom is -0.370 e. The summed E-state index contributed by atoms with van der Waals surface area (Å²) in [6.45, 7) is 4.95. The topological polar surface area (TPSA) is 41.6 Å². The first kappa shape index (κ1) is 13.8. The molecule has 1 aliphatic rings. The summed E-state index contributed by atoms with van der Waals surface area (Å²) in [6.07, 6.45) is 3.17. The Balaban J connectivity index is 1.80. The van der Waals surface area contributed by atoms with Crippen LogP contribution in [-0.2, 0) is 6.42 Å². The van der Waals surface area contributed by atoms with Gasteiger partial charge in [-0.3, -0.25) is 4.99 Å². The molecule has 3 nitrogen and oxygen atoms in total. The van der Waals surface area contributed by atoms with Crippen LogP contribution in [0.1, 0.15) is 25.3 Å². The first-order valence-electron chi connectivity index (χ1n) is 6.94. The molecule has 4 heteroatoms. The first-order chi connectivity index (χ1) is 9.15. The Labute approximate surface area is 114 Å². The van der Waals surface area contributed by atoms with E-state index >= 15 is 0 Å². The molecule has 0 radical (unpaired) electrons. The Morgan fingerprint density at radius 3 is 2.58 bits per heavy atom. The van der Waals surface area contributed by atoms with Crippen molar-refractivity contribution >= 4 is 5.96 Å². The standard InChI is InChI=1S/C15H22FN3/c1-12-7-10-19(11-8-12)15(17)18-9-6-13-2-4-14(16)5-3-13/h2-5,12H,6-11H2,1H3,(H2,17,18). The van der Waals surface area contributed by atoms with E-state index in [4.69, 9.17) is 5.73 Å². The summed E-state index contributed by atoms with van der Waals surface area (Å²) in [4.78, 5) is 6.57. The highest BCUT2D eigenvalue weighted by atomic mass is 19.1. The minimum atomic E-state index is -0.200. The fraction of sp³-hybridized carbons (Fsp3) is 0.533. The molecule has 2 rings (SSSR count). The van der Waals surface area contributed by atoms with E-state index < -0.39 is 0 Å². The second-order valence-electron chi connectivity index (χ2n) is 5.29. The Hall–Kier alpha value is -1.58. The van der Waals surface area contributed by atoms with E-state index in [2.05, 4.69) is 16.8 Å². The van der Waals surface area contributed by atoms with Gasteiger partial charge in [-0.2, -0.15) is 0 Å². The number of halogens is 1. The van der Waals surface area contributed by atoms with E-state index in [1.165, 1.54) is 25.0 Å². The molecule has 0 saturated carbocycles. The van der Waals surface area contributed by atoms with Crippen LogP contribution in [0.25, 0.3) is 0 Å². The van der Waals surface area contributed by atoms with Crippen LogP contribution in [0.2, 0.25) is 0 Å². The highest BCUT2D eigenvalue weighted by molar-refractivity contribution is 5.78. The molecular formula is C15H22FN3. The molecule has 2 N–H and O–H groups in total. The van der Waals surface area contributed by atoms with Crippen molar-refractivity contribution < 1.29 is 4.39 Å². The summed E-state index contributed by atoms with van der Waals surface area (Å²) in [7, 11) is 0. The predicted molar refractivity (Wildman–Crippen MR) is 76.6 cm³/mol. The summed E-state index contributed by atoms with van der Waals surface area (Å²) in [5, 5.41) is 0. The zero-order valence-electron chi connectivity index (χ0n) is 11.5. The number of aliphatic imine (C=N–C) groups is 1. The molecule has 0 unspecified atom stereocenters. The highest BCUT2D eigenvalue weighted by Crippen LogP contribution is 2.15. The molecule has 0 bridgehead atoms. The van der Waals surface area contributed by atoms with Crippen LogP contribution in [0, 0.1) is 11.7 Å². The van der Waals surface area contributed by atoms with E-state index in [0.717, 1.165) is 31.0 Å². The van der Waals surface area contributed by atoms with Crippen LogP contribution < -0.4 is 5.73 Å². The lowest BCUT2D eigenvalue weighted by molar-refractivity contribution is 0.277. The molecular weight excluding hydrogens is 241 g/mol. The number of nitrogens with zero attached hydrogens (tertiary/aromatic N) is 2. The lowest BCUT2D eigenvalue weighted by Crippen LogP contribution is -2.42. The Kier molecular flexibility index (Phi) is 4.77. The van der Waals surface area contributed by atoms with E-state index in [-0.39, 0.29) is 5.82 Å². The van der Waals surface area contributed by atoms with E-state index in [9.17, 15) is 4.39 Å². The smallest absolute Gasteiger partial charge is 0.191 e. The maximum absolute atomic E-state index is 12.8. The van der Waals surface area contributed by atoms with Gasteiger partial charge in [0.25, 0.3) is 0 Å². The maximum Gasteiger partial charge on any atom is 0.191 e. The number of benzene rings is 1. The van der Waals surface area contributed by atoms with Gasteiger partial charge in [0, 0.05) is 19.6 Å². The monoisotopic (exact) mass is 263 g/mol. The average molecular weight is 263 g/mol. The normalized spacial score (nSPS) is 17.8. The number of piperidine rings is 1. The molecule has 0 spiro atoms. The summed E-state index contributed by atoms with van der Waals surface area (Å²) >= 11 is 0. The number of nitrogens with two attached hydrogens (primary N) is 1. The number of likely N-dealkylation sites (tertiary alicyclic amines) is 1. The van der Waals surface area contributed by atoms with Gasteiger partial charge in [0.15, 0.2) is 5.96 Å². The van der Waals surface area contributed by atoms with Crippen molar-refractivity contribution in [1.29, 1.82) is 0 Å². The van der Waals surface area contributed by atoms with Crippen LogP contribution in [0.15, 0.2) is 29.3 Å². The third-order valence-corrected chi connectivity index (χ3v) is 3.70. The SMILES string of the molecule is CC1CCN(C(N)=NCCc2ccc(F)cc2)CC1. The average Bonchev–Trinajstić information content (AvgIpc) is 2.41. The summed E-state index contributed by atoms with van der Waals surface area (Å²) < 4.78 is 12.8. The summed E-state index contributed by atoms with van der Waals surface area (Å²) in [5.41, 5.74) is 7.09. The third kappa shape index (κ3) is 4.23. The third-order valence-electron chi connectivity index (χ3n) is 3.70. The van der Waals surface area contributed by atoms with Crippen molar-refractivity contribution in [2.75, 3.05) is 19.6 Å². The zero-order valence-corrected chi connectivity index (χ0v) is 11.5. The van der Waals surface area contributed by atoms with Gasteiger partial charge >= 0.3 is 0 Å². The number of hydrogen-bond acceptors (Lipinski definition) is 1. The molecule has 104 valence electrons. The zero-order chi connectivity index (χ0) is 13.7. The lowest BCUT2D eigenvalue weighted by Gasteiger charge is -2.31. The van der Waals surface area contributed by atoms with Gasteiger partial charge in [-0.25, -0.2) is 4.39 Å². The van der Waals surface area contributed by atoms with Gasteiger partial charge in [-0.05, 0) is 42.9 Å². The van der Waals surface area contributed by atoms with Crippen molar-refractivity contribution in [3.05, 3.63) is 35.6 Å².